The molecule has 3 heterocycles. The molecule has 1 fully saturated rings. The molecule has 6 nitrogen and oxygen atoms in total. The number of carbonyl (C=O) groups is 1. The molecule has 1 amide bonds. The first-order valence-corrected chi connectivity index (χ1v) is 11.1. The number of thiophene rings is 1. The molecule has 3 aromatic rings. The Hall–Kier alpha value is -2.16. The van der Waals surface area contributed by atoms with Gasteiger partial charge in [-0.2, -0.15) is 0 Å². The van der Waals surface area contributed by atoms with Gasteiger partial charge in [0, 0.05) is 30.1 Å². The fraction of sp³-hybridized carbons (Fsp3) is 0.350. The summed E-state index contributed by atoms with van der Waals surface area (Å²) < 4.78 is 7.58. The number of morpholine rings is 1. The fourth-order valence-electron chi connectivity index (χ4n) is 3.18. The lowest BCUT2D eigenvalue weighted by molar-refractivity contribution is -0.135. The summed E-state index contributed by atoms with van der Waals surface area (Å²) in [4.78, 5) is 15.7. The lowest BCUT2D eigenvalue weighted by Crippen LogP contribution is -2.45. The smallest absolute Gasteiger partial charge is 0.233 e. The van der Waals surface area contributed by atoms with Gasteiger partial charge in [0.05, 0.1) is 18.5 Å². The van der Waals surface area contributed by atoms with Gasteiger partial charge in [-0.25, -0.2) is 0 Å². The molecule has 0 saturated carbocycles. The van der Waals surface area contributed by atoms with E-state index in [1.165, 1.54) is 16.6 Å². The molecular formula is C20H22N4O2S2. The summed E-state index contributed by atoms with van der Waals surface area (Å²) in [5.41, 5.74) is 1.01. The standard InChI is InChI=1S/C20H22N4O2S2/c1-15-13-23(9-10-26-15)19(25)14-28-20-22-21-18(12-17-8-5-11-27-17)24(20)16-6-3-2-4-7-16/h2-8,11,15H,9-10,12-14H2,1H3/t15-/m0/s1. The van der Waals surface area contributed by atoms with E-state index in [0.717, 1.165) is 23.1 Å². The maximum Gasteiger partial charge on any atom is 0.233 e. The largest absolute Gasteiger partial charge is 0.375 e. The molecule has 1 aromatic carbocycles. The minimum atomic E-state index is 0.0908. The van der Waals surface area contributed by atoms with Crippen LogP contribution in [0, 0.1) is 0 Å². The van der Waals surface area contributed by atoms with Crippen molar-refractivity contribution in [3.63, 3.8) is 0 Å². The first-order valence-electron chi connectivity index (χ1n) is 9.25. The Morgan fingerprint density at radius 2 is 2.11 bits per heavy atom. The average molecular weight is 415 g/mol. The van der Waals surface area contributed by atoms with E-state index in [9.17, 15) is 4.79 Å². The number of aromatic nitrogens is 3. The average Bonchev–Trinajstić information content (AvgIpc) is 3.37. The van der Waals surface area contributed by atoms with Crippen LogP contribution in [-0.2, 0) is 16.0 Å². The maximum atomic E-state index is 12.6. The van der Waals surface area contributed by atoms with Crippen LogP contribution in [0.2, 0.25) is 0 Å². The van der Waals surface area contributed by atoms with Crippen LogP contribution in [-0.4, -0.2) is 57.1 Å². The van der Waals surface area contributed by atoms with Gasteiger partial charge in [-0.3, -0.25) is 9.36 Å². The van der Waals surface area contributed by atoms with Crippen molar-refractivity contribution < 1.29 is 9.53 Å². The molecule has 1 saturated heterocycles. The van der Waals surface area contributed by atoms with Gasteiger partial charge in [0.25, 0.3) is 0 Å². The van der Waals surface area contributed by atoms with Crippen LogP contribution in [0.15, 0.2) is 53.0 Å². The summed E-state index contributed by atoms with van der Waals surface area (Å²) in [6.07, 6.45) is 0.808. The molecular weight excluding hydrogens is 392 g/mol. The van der Waals surface area contributed by atoms with E-state index in [1.54, 1.807) is 11.3 Å². The highest BCUT2D eigenvalue weighted by Gasteiger charge is 2.23. The second kappa shape index (κ2) is 8.89. The third kappa shape index (κ3) is 4.45. The van der Waals surface area contributed by atoms with Crippen molar-refractivity contribution in [3.05, 3.63) is 58.5 Å². The SMILES string of the molecule is C[C@H]1CN(C(=O)CSc2nnc(Cc3cccs3)n2-c2ccccc2)CCO1. The number of para-hydroxylation sites is 1. The second-order valence-corrected chi connectivity index (χ2v) is 8.61. The first kappa shape index (κ1) is 19.2. The number of thioether (sulfide) groups is 1. The summed E-state index contributed by atoms with van der Waals surface area (Å²) in [7, 11) is 0. The van der Waals surface area contributed by atoms with E-state index in [1.807, 2.05) is 48.2 Å². The number of amides is 1. The van der Waals surface area contributed by atoms with E-state index in [4.69, 9.17) is 4.74 Å². The maximum absolute atomic E-state index is 12.6. The van der Waals surface area contributed by atoms with E-state index in [-0.39, 0.29) is 12.0 Å². The number of rotatable bonds is 6. The number of hydrogen-bond donors (Lipinski definition) is 0. The molecule has 8 heteroatoms. The van der Waals surface area contributed by atoms with Gasteiger partial charge in [-0.05, 0) is 30.5 Å². The second-order valence-electron chi connectivity index (χ2n) is 6.64. The lowest BCUT2D eigenvalue weighted by atomic mass is 10.3. The van der Waals surface area contributed by atoms with Gasteiger partial charge in [0.15, 0.2) is 5.16 Å². The zero-order valence-corrected chi connectivity index (χ0v) is 17.3. The molecule has 1 atom stereocenters. The third-order valence-electron chi connectivity index (χ3n) is 4.55. The van der Waals surface area contributed by atoms with Crippen molar-refractivity contribution in [3.8, 4) is 5.69 Å². The number of hydrogen-bond acceptors (Lipinski definition) is 6. The number of benzene rings is 1. The predicted molar refractivity (Wildman–Crippen MR) is 111 cm³/mol. The Bertz CT molecular complexity index is 912. The van der Waals surface area contributed by atoms with Crippen LogP contribution >= 0.6 is 23.1 Å². The molecule has 1 aliphatic heterocycles. The third-order valence-corrected chi connectivity index (χ3v) is 6.34. The van der Waals surface area contributed by atoms with E-state index < -0.39 is 0 Å². The zero-order chi connectivity index (χ0) is 19.3. The summed E-state index contributed by atoms with van der Waals surface area (Å²) in [5, 5.41) is 11.6. The van der Waals surface area contributed by atoms with Crippen LogP contribution < -0.4 is 0 Å². The molecule has 0 aliphatic carbocycles. The van der Waals surface area contributed by atoms with E-state index in [2.05, 4.69) is 26.2 Å². The number of carbonyl (C=O) groups excluding carboxylic acids is 1. The van der Waals surface area contributed by atoms with Gasteiger partial charge >= 0.3 is 0 Å². The molecule has 0 spiro atoms. The molecule has 0 unspecified atom stereocenters. The highest BCUT2D eigenvalue weighted by Crippen LogP contribution is 2.25. The minimum Gasteiger partial charge on any atom is -0.375 e. The normalized spacial score (nSPS) is 17.0. The summed E-state index contributed by atoms with van der Waals surface area (Å²) in [6, 6.07) is 14.2. The van der Waals surface area contributed by atoms with E-state index in [0.29, 0.717) is 25.4 Å². The highest BCUT2D eigenvalue weighted by molar-refractivity contribution is 7.99. The molecule has 146 valence electrons. The Kier molecular flexibility index (Phi) is 6.09. The molecule has 0 radical (unpaired) electrons. The lowest BCUT2D eigenvalue weighted by Gasteiger charge is -2.31. The van der Waals surface area contributed by atoms with Gasteiger partial charge in [-0.1, -0.05) is 36.0 Å². The summed E-state index contributed by atoms with van der Waals surface area (Å²) in [6.45, 7) is 3.89. The van der Waals surface area contributed by atoms with Crippen LogP contribution in [0.25, 0.3) is 5.69 Å². The number of nitrogens with zero attached hydrogens (tertiary/aromatic N) is 4. The Morgan fingerprint density at radius 3 is 2.86 bits per heavy atom. The monoisotopic (exact) mass is 414 g/mol. The van der Waals surface area contributed by atoms with Crippen molar-refractivity contribution >= 4 is 29.0 Å². The van der Waals surface area contributed by atoms with Crippen LogP contribution in [0.3, 0.4) is 0 Å². The number of ether oxygens (including phenoxy) is 1. The van der Waals surface area contributed by atoms with Gasteiger partial charge in [0.2, 0.25) is 5.91 Å². The topological polar surface area (TPSA) is 60.2 Å². The van der Waals surface area contributed by atoms with Crippen LogP contribution in [0.4, 0.5) is 0 Å². The van der Waals surface area contributed by atoms with Crippen molar-refractivity contribution in [1.82, 2.24) is 19.7 Å². The Balaban J connectivity index is 1.53. The first-order chi connectivity index (χ1) is 13.7. The van der Waals surface area contributed by atoms with Crippen molar-refractivity contribution in [1.29, 1.82) is 0 Å². The Morgan fingerprint density at radius 1 is 1.25 bits per heavy atom. The summed E-state index contributed by atoms with van der Waals surface area (Å²) in [5.74, 6) is 1.34. The van der Waals surface area contributed by atoms with Gasteiger partial charge < -0.3 is 9.64 Å². The Labute approximate surface area is 172 Å². The minimum absolute atomic E-state index is 0.0908. The molecule has 0 bridgehead atoms. The molecule has 0 N–H and O–H groups in total. The van der Waals surface area contributed by atoms with E-state index >= 15 is 0 Å². The van der Waals surface area contributed by atoms with Crippen LogP contribution in [0.5, 0.6) is 0 Å². The fourth-order valence-corrected chi connectivity index (χ4v) is 4.75. The van der Waals surface area contributed by atoms with Gasteiger partial charge in [0.1, 0.15) is 5.82 Å². The van der Waals surface area contributed by atoms with Crippen molar-refractivity contribution in [2.24, 2.45) is 0 Å². The summed E-state index contributed by atoms with van der Waals surface area (Å²) >= 11 is 3.15. The quantitative estimate of drug-likeness (QED) is 0.580. The van der Waals surface area contributed by atoms with Gasteiger partial charge in [-0.15, -0.1) is 21.5 Å². The molecule has 2 aromatic heterocycles. The van der Waals surface area contributed by atoms with Crippen molar-refractivity contribution in [2.75, 3.05) is 25.4 Å². The molecule has 28 heavy (non-hydrogen) atoms. The predicted octanol–water partition coefficient (Wildman–Crippen LogP) is 3.26. The molecule has 1 aliphatic rings. The van der Waals surface area contributed by atoms with Crippen molar-refractivity contribution in [2.45, 2.75) is 24.6 Å². The van der Waals surface area contributed by atoms with Crippen LogP contribution in [0.1, 0.15) is 17.6 Å². The molecule has 4 rings (SSSR count). The highest BCUT2D eigenvalue weighted by atomic mass is 32.2. The zero-order valence-electron chi connectivity index (χ0n) is 15.7.